The molecule has 0 bridgehead atoms. The quantitative estimate of drug-likeness (QED) is 0.480. The first-order valence-electron chi connectivity index (χ1n) is 11.8. The van der Waals surface area contributed by atoms with Crippen LogP contribution in [0.25, 0.3) is 0 Å². The minimum absolute atomic E-state index is 0.0217. The number of aryl methyl sites for hydroxylation is 1. The van der Waals surface area contributed by atoms with E-state index in [4.69, 9.17) is 9.84 Å². The van der Waals surface area contributed by atoms with Gasteiger partial charge in [0.1, 0.15) is 16.8 Å². The van der Waals surface area contributed by atoms with E-state index in [1.807, 2.05) is 31.2 Å². The SMILES string of the molecule is COc1ccc(NC(=O)C[C@H]2SC(N3N=C(c4ccc(C)cc4)C[C@H]3c3ccc(F)cc3)=NC2=O)cc1. The van der Waals surface area contributed by atoms with Crippen LogP contribution in [-0.4, -0.2) is 40.1 Å². The number of amides is 2. The second-order valence-corrected chi connectivity index (χ2v) is 10.0. The van der Waals surface area contributed by atoms with Crippen LogP contribution in [0.4, 0.5) is 10.1 Å². The van der Waals surface area contributed by atoms with E-state index >= 15 is 0 Å². The van der Waals surface area contributed by atoms with Crippen LogP contribution in [0.15, 0.2) is 82.9 Å². The van der Waals surface area contributed by atoms with Crippen molar-refractivity contribution in [2.45, 2.75) is 31.1 Å². The molecule has 0 unspecified atom stereocenters. The van der Waals surface area contributed by atoms with Gasteiger partial charge in [0.05, 0.1) is 18.9 Å². The highest BCUT2D eigenvalue weighted by Crippen LogP contribution is 2.38. The molecule has 188 valence electrons. The summed E-state index contributed by atoms with van der Waals surface area (Å²) in [6.45, 7) is 2.02. The molecule has 37 heavy (non-hydrogen) atoms. The lowest BCUT2D eigenvalue weighted by atomic mass is 9.98. The maximum absolute atomic E-state index is 13.6. The molecule has 0 spiro atoms. The maximum atomic E-state index is 13.6. The first kappa shape index (κ1) is 24.7. The zero-order valence-corrected chi connectivity index (χ0v) is 21.2. The number of methoxy groups -OCH3 is 1. The number of nitrogens with zero attached hydrogens (tertiary/aromatic N) is 3. The van der Waals surface area contributed by atoms with Gasteiger partial charge in [-0.15, -0.1) is 0 Å². The molecule has 0 saturated carbocycles. The van der Waals surface area contributed by atoms with Crippen LogP contribution in [0.1, 0.15) is 35.6 Å². The summed E-state index contributed by atoms with van der Waals surface area (Å²) in [5.74, 6) is -0.294. The van der Waals surface area contributed by atoms with Gasteiger partial charge in [0.2, 0.25) is 5.91 Å². The Morgan fingerprint density at radius 1 is 1.08 bits per heavy atom. The third-order valence-corrected chi connectivity index (χ3v) is 7.36. The van der Waals surface area contributed by atoms with Gasteiger partial charge in [-0.2, -0.15) is 10.1 Å². The van der Waals surface area contributed by atoms with Crippen molar-refractivity contribution >= 4 is 40.1 Å². The van der Waals surface area contributed by atoms with E-state index in [9.17, 15) is 14.0 Å². The van der Waals surface area contributed by atoms with E-state index in [0.29, 0.717) is 23.0 Å². The normalized spacial score (nSPS) is 19.0. The number of halogens is 1. The van der Waals surface area contributed by atoms with Gasteiger partial charge in [-0.25, -0.2) is 9.40 Å². The highest BCUT2D eigenvalue weighted by molar-refractivity contribution is 8.15. The molecule has 5 rings (SSSR count). The second kappa shape index (κ2) is 10.6. The van der Waals surface area contributed by atoms with Crippen LogP contribution in [0.2, 0.25) is 0 Å². The van der Waals surface area contributed by atoms with Crippen molar-refractivity contribution < 1.29 is 18.7 Å². The summed E-state index contributed by atoms with van der Waals surface area (Å²) in [7, 11) is 1.57. The van der Waals surface area contributed by atoms with Crippen molar-refractivity contribution in [2.24, 2.45) is 10.1 Å². The highest BCUT2D eigenvalue weighted by Gasteiger charge is 2.39. The van der Waals surface area contributed by atoms with Gasteiger partial charge in [-0.3, -0.25) is 9.59 Å². The molecule has 7 nitrogen and oxygen atoms in total. The number of benzene rings is 3. The third-order valence-electron chi connectivity index (χ3n) is 6.22. The summed E-state index contributed by atoms with van der Waals surface area (Å²) >= 11 is 1.23. The second-order valence-electron chi connectivity index (χ2n) is 8.85. The Morgan fingerprint density at radius 3 is 2.46 bits per heavy atom. The molecule has 0 fully saturated rings. The molecule has 2 heterocycles. The van der Waals surface area contributed by atoms with Crippen molar-refractivity contribution in [1.29, 1.82) is 0 Å². The molecule has 2 atom stereocenters. The largest absolute Gasteiger partial charge is 0.497 e. The lowest BCUT2D eigenvalue weighted by molar-refractivity contribution is -0.121. The average Bonchev–Trinajstić information content (AvgIpc) is 3.49. The number of carbonyl (C=O) groups excluding carboxylic acids is 2. The fourth-order valence-electron chi connectivity index (χ4n) is 4.21. The molecule has 3 aromatic rings. The summed E-state index contributed by atoms with van der Waals surface area (Å²) in [5.41, 5.74) is 4.46. The smallest absolute Gasteiger partial charge is 0.262 e. The van der Waals surface area contributed by atoms with Crippen LogP contribution in [0.5, 0.6) is 5.75 Å². The maximum Gasteiger partial charge on any atom is 0.262 e. The third kappa shape index (κ3) is 5.56. The molecular weight excluding hydrogens is 491 g/mol. The number of aliphatic imine (C=N–C) groups is 1. The molecule has 2 aliphatic heterocycles. The minimum atomic E-state index is -0.652. The van der Waals surface area contributed by atoms with Crippen molar-refractivity contribution in [1.82, 2.24) is 5.01 Å². The molecule has 0 saturated heterocycles. The van der Waals surface area contributed by atoms with Gasteiger partial charge in [0.25, 0.3) is 5.91 Å². The van der Waals surface area contributed by atoms with Crippen molar-refractivity contribution in [3.8, 4) is 5.75 Å². The Kier molecular flexibility index (Phi) is 7.05. The van der Waals surface area contributed by atoms with Crippen molar-refractivity contribution in [2.75, 3.05) is 12.4 Å². The van der Waals surface area contributed by atoms with Gasteiger partial charge in [0, 0.05) is 18.5 Å². The van der Waals surface area contributed by atoms with Gasteiger partial charge < -0.3 is 10.1 Å². The standard InChI is InChI=1S/C28H25FN4O3S/c1-17-3-5-18(6-4-17)23-15-24(19-7-9-20(29)10-8-19)33(32-23)28-31-27(35)25(37-28)16-26(34)30-21-11-13-22(36-2)14-12-21/h3-14,24-25H,15-16H2,1-2H3,(H,30,34)/t24-,25+/m0/s1. The Bertz CT molecular complexity index is 1370. The summed E-state index contributed by atoms with van der Waals surface area (Å²) in [5, 5.41) is 9.14. The predicted octanol–water partition coefficient (Wildman–Crippen LogP) is 5.32. The van der Waals surface area contributed by atoms with Crippen LogP contribution >= 0.6 is 11.8 Å². The van der Waals surface area contributed by atoms with E-state index in [0.717, 1.165) is 22.4 Å². The fraction of sp³-hybridized carbons (Fsp3) is 0.214. The van der Waals surface area contributed by atoms with E-state index < -0.39 is 5.25 Å². The number of anilines is 1. The lowest BCUT2D eigenvalue weighted by Gasteiger charge is -2.23. The summed E-state index contributed by atoms with van der Waals surface area (Å²) in [6, 6.07) is 21.1. The number of rotatable bonds is 6. The molecular formula is C28H25FN4O3S. The Morgan fingerprint density at radius 2 is 1.78 bits per heavy atom. The van der Waals surface area contributed by atoms with E-state index in [2.05, 4.69) is 10.3 Å². The minimum Gasteiger partial charge on any atom is -0.497 e. The van der Waals surface area contributed by atoms with E-state index in [1.165, 1.54) is 23.9 Å². The number of amidine groups is 1. The first-order valence-corrected chi connectivity index (χ1v) is 12.7. The first-order chi connectivity index (χ1) is 17.9. The zero-order valence-electron chi connectivity index (χ0n) is 20.3. The Balaban J connectivity index is 1.33. The molecule has 2 aliphatic rings. The summed E-state index contributed by atoms with van der Waals surface area (Å²) in [4.78, 5) is 29.7. The molecule has 0 aromatic heterocycles. The topological polar surface area (TPSA) is 83.4 Å². The van der Waals surface area contributed by atoms with Crippen LogP contribution in [0.3, 0.4) is 0 Å². The van der Waals surface area contributed by atoms with Gasteiger partial charge in [-0.05, 0) is 54.4 Å². The number of thioether (sulfide) groups is 1. The van der Waals surface area contributed by atoms with Gasteiger partial charge >= 0.3 is 0 Å². The van der Waals surface area contributed by atoms with Gasteiger partial charge in [-0.1, -0.05) is 53.7 Å². The number of ether oxygens (including phenoxy) is 1. The number of carbonyl (C=O) groups is 2. The number of hydrogen-bond acceptors (Lipinski definition) is 6. The number of hydrogen-bond donors (Lipinski definition) is 1. The average molecular weight is 517 g/mol. The molecule has 0 radical (unpaired) electrons. The molecule has 3 aromatic carbocycles. The summed E-state index contributed by atoms with van der Waals surface area (Å²) in [6.07, 6.45) is 0.553. The fourth-order valence-corrected chi connectivity index (χ4v) is 5.27. The van der Waals surface area contributed by atoms with Crippen LogP contribution in [0, 0.1) is 12.7 Å². The van der Waals surface area contributed by atoms with Crippen LogP contribution < -0.4 is 10.1 Å². The number of hydrazone groups is 1. The molecule has 9 heteroatoms. The van der Waals surface area contributed by atoms with E-state index in [1.54, 1.807) is 48.5 Å². The molecule has 2 amide bonds. The van der Waals surface area contributed by atoms with Crippen LogP contribution in [-0.2, 0) is 9.59 Å². The predicted molar refractivity (Wildman–Crippen MR) is 143 cm³/mol. The van der Waals surface area contributed by atoms with E-state index in [-0.39, 0.29) is 30.1 Å². The number of nitrogens with one attached hydrogen (secondary N) is 1. The zero-order chi connectivity index (χ0) is 25.9. The highest BCUT2D eigenvalue weighted by atomic mass is 32.2. The van der Waals surface area contributed by atoms with Gasteiger partial charge in [0.15, 0.2) is 5.17 Å². The summed E-state index contributed by atoms with van der Waals surface area (Å²) < 4.78 is 18.7. The Labute approximate surface area is 218 Å². The molecule has 1 N–H and O–H groups in total. The van der Waals surface area contributed by atoms with Crippen molar-refractivity contribution in [3.63, 3.8) is 0 Å². The van der Waals surface area contributed by atoms with Crippen molar-refractivity contribution in [3.05, 3.63) is 95.3 Å². The Hall–Kier alpha value is -3.98. The monoisotopic (exact) mass is 516 g/mol. The molecule has 0 aliphatic carbocycles. The lowest BCUT2D eigenvalue weighted by Crippen LogP contribution is -2.25.